The summed E-state index contributed by atoms with van der Waals surface area (Å²) in [5.74, 6) is -0.0360. The van der Waals surface area contributed by atoms with Gasteiger partial charge in [-0.1, -0.05) is 23.4 Å². The molecular formula is C14H11BrClN3OS. The monoisotopic (exact) mass is 383 g/mol. The van der Waals surface area contributed by atoms with Gasteiger partial charge in [-0.15, -0.1) is 0 Å². The Hall–Kier alpha value is -1.08. The number of aromatic nitrogens is 1. The van der Waals surface area contributed by atoms with Gasteiger partial charge in [-0.3, -0.25) is 4.79 Å². The fourth-order valence-corrected chi connectivity index (χ4v) is 3.68. The zero-order chi connectivity index (χ0) is 15.0. The lowest BCUT2D eigenvalue weighted by atomic mass is 10.1. The number of halogens is 2. The summed E-state index contributed by atoms with van der Waals surface area (Å²) in [7, 11) is 1.77. The zero-order valence-corrected chi connectivity index (χ0v) is 14.1. The third-order valence-electron chi connectivity index (χ3n) is 3.14. The predicted octanol–water partition coefficient (Wildman–Crippen LogP) is 3.86. The number of pyridine rings is 1. The molecule has 2 heterocycles. The highest BCUT2D eigenvalue weighted by Crippen LogP contribution is 2.40. The molecule has 0 saturated heterocycles. The summed E-state index contributed by atoms with van der Waals surface area (Å²) in [5.41, 5.74) is 1.78. The first-order valence-electron chi connectivity index (χ1n) is 6.19. The van der Waals surface area contributed by atoms with Gasteiger partial charge < -0.3 is 10.6 Å². The largest absolute Gasteiger partial charge is 0.324 e. The number of nitrogens with zero attached hydrogens (tertiary/aromatic N) is 1. The molecule has 0 spiro atoms. The summed E-state index contributed by atoms with van der Waals surface area (Å²) in [6.07, 6.45) is 1.62. The summed E-state index contributed by atoms with van der Waals surface area (Å²) < 4.78 is 0.930. The number of likely N-dealkylation sites (N-methyl/N-ethyl adjacent to an activating group) is 1. The Labute approximate surface area is 139 Å². The molecule has 1 aromatic carbocycles. The molecule has 3 rings (SSSR count). The van der Waals surface area contributed by atoms with Crippen molar-refractivity contribution >= 4 is 50.9 Å². The topological polar surface area (TPSA) is 54.0 Å². The van der Waals surface area contributed by atoms with Crippen LogP contribution in [0.25, 0.3) is 0 Å². The third kappa shape index (κ3) is 2.94. The molecule has 0 radical (unpaired) electrons. The Bertz CT molecular complexity index is 708. The van der Waals surface area contributed by atoms with E-state index in [1.807, 2.05) is 18.2 Å². The van der Waals surface area contributed by atoms with E-state index < -0.39 is 0 Å². The molecule has 0 bridgehead atoms. The maximum Gasteiger partial charge on any atom is 0.246 e. The lowest BCUT2D eigenvalue weighted by molar-refractivity contribution is -0.117. The highest BCUT2D eigenvalue weighted by Gasteiger charge is 2.30. The van der Waals surface area contributed by atoms with Crippen molar-refractivity contribution in [2.75, 3.05) is 12.4 Å². The number of anilines is 1. The molecule has 0 aliphatic carbocycles. The molecular weight excluding hydrogens is 374 g/mol. The first kappa shape index (κ1) is 14.8. The van der Waals surface area contributed by atoms with Crippen molar-refractivity contribution in [2.45, 2.75) is 16.0 Å². The van der Waals surface area contributed by atoms with Gasteiger partial charge in [0.1, 0.15) is 11.1 Å². The first-order chi connectivity index (χ1) is 10.1. The molecule has 1 atom stereocenters. The van der Waals surface area contributed by atoms with Gasteiger partial charge in [0.25, 0.3) is 0 Å². The SMILES string of the molecule is CNC1C(=O)Nc2cc(Sc3ccc(Cl)cn3)c(Br)cc21. The molecule has 0 saturated carbocycles. The molecule has 1 aliphatic heterocycles. The molecule has 1 unspecified atom stereocenters. The van der Waals surface area contributed by atoms with E-state index in [4.69, 9.17) is 11.6 Å². The second-order valence-corrected chi connectivity index (χ2v) is 6.85. The molecule has 21 heavy (non-hydrogen) atoms. The van der Waals surface area contributed by atoms with Crippen LogP contribution in [0, 0.1) is 0 Å². The van der Waals surface area contributed by atoms with E-state index in [-0.39, 0.29) is 11.9 Å². The number of benzene rings is 1. The normalized spacial score (nSPS) is 16.7. The standard InChI is InChI=1S/C14H11BrClN3OS/c1-17-13-8-4-9(15)11(5-10(8)19-14(13)20)21-12-3-2-7(16)6-18-12/h2-6,13,17H,1H3,(H,19,20). The number of fused-ring (bicyclic) bond motifs is 1. The summed E-state index contributed by atoms with van der Waals surface area (Å²) in [6, 6.07) is 7.28. The smallest absolute Gasteiger partial charge is 0.246 e. The van der Waals surface area contributed by atoms with E-state index in [1.54, 1.807) is 19.3 Å². The van der Waals surface area contributed by atoms with Crippen molar-refractivity contribution in [3.63, 3.8) is 0 Å². The van der Waals surface area contributed by atoms with Gasteiger partial charge in [-0.25, -0.2) is 4.98 Å². The molecule has 108 valence electrons. The Morgan fingerprint density at radius 2 is 2.24 bits per heavy atom. The van der Waals surface area contributed by atoms with Crippen LogP contribution in [0.2, 0.25) is 5.02 Å². The van der Waals surface area contributed by atoms with Crippen LogP contribution in [0.3, 0.4) is 0 Å². The van der Waals surface area contributed by atoms with E-state index >= 15 is 0 Å². The maximum atomic E-state index is 11.9. The summed E-state index contributed by atoms with van der Waals surface area (Å²) in [5, 5.41) is 7.34. The molecule has 2 aromatic rings. The van der Waals surface area contributed by atoms with E-state index in [9.17, 15) is 4.79 Å². The van der Waals surface area contributed by atoms with Gasteiger partial charge in [0, 0.05) is 26.8 Å². The van der Waals surface area contributed by atoms with E-state index in [1.165, 1.54) is 11.8 Å². The van der Waals surface area contributed by atoms with Gasteiger partial charge in [-0.05, 0) is 47.2 Å². The van der Waals surface area contributed by atoms with Crippen LogP contribution < -0.4 is 10.6 Å². The maximum absolute atomic E-state index is 11.9. The summed E-state index contributed by atoms with van der Waals surface area (Å²) in [4.78, 5) is 17.1. The lowest BCUT2D eigenvalue weighted by Gasteiger charge is -2.09. The second-order valence-electron chi connectivity index (χ2n) is 4.50. The average molecular weight is 385 g/mol. The molecule has 1 aromatic heterocycles. The summed E-state index contributed by atoms with van der Waals surface area (Å²) in [6.45, 7) is 0. The second kappa shape index (κ2) is 5.96. The van der Waals surface area contributed by atoms with Crippen molar-refractivity contribution in [3.8, 4) is 0 Å². The number of amides is 1. The van der Waals surface area contributed by atoms with Crippen LogP contribution in [0.4, 0.5) is 5.69 Å². The van der Waals surface area contributed by atoms with E-state index in [0.29, 0.717) is 5.02 Å². The number of carbonyl (C=O) groups excluding carboxylic acids is 1. The Kier molecular flexibility index (Phi) is 4.21. The highest BCUT2D eigenvalue weighted by atomic mass is 79.9. The van der Waals surface area contributed by atoms with Crippen LogP contribution in [-0.4, -0.2) is 17.9 Å². The number of hydrogen-bond acceptors (Lipinski definition) is 4. The lowest BCUT2D eigenvalue weighted by Crippen LogP contribution is -2.23. The highest BCUT2D eigenvalue weighted by molar-refractivity contribution is 9.10. The van der Waals surface area contributed by atoms with Crippen LogP contribution in [-0.2, 0) is 4.79 Å². The first-order valence-corrected chi connectivity index (χ1v) is 8.18. The molecule has 1 aliphatic rings. The van der Waals surface area contributed by atoms with Crippen LogP contribution >= 0.6 is 39.3 Å². The van der Waals surface area contributed by atoms with Crippen molar-refractivity contribution < 1.29 is 4.79 Å². The fourth-order valence-electron chi connectivity index (χ4n) is 2.16. The minimum Gasteiger partial charge on any atom is -0.324 e. The van der Waals surface area contributed by atoms with Crippen molar-refractivity contribution in [1.82, 2.24) is 10.3 Å². The van der Waals surface area contributed by atoms with Crippen molar-refractivity contribution in [3.05, 3.63) is 45.5 Å². The van der Waals surface area contributed by atoms with Crippen molar-refractivity contribution in [1.29, 1.82) is 0 Å². The van der Waals surface area contributed by atoms with Gasteiger partial charge in [0.15, 0.2) is 0 Å². The Balaban J connectivity index is 1.93. The van der Waals surface area contributed by atoms with Crippen LogP contribution in [0.1, 0.15) is 11.6 Å². The Morgan fingerprint density at radius 3 is 2.90 bits per heavy atom. The molecule has 0 fully saturated rings. The van der Waals surface area contributed by atoms with E-state index in [0.717, 1.165) is 25.6 Å². The van der Waals surface area contributed by atoms with E-state index in [2.05, 4.69) is 31.5 Å². The van der Waals surface area contributed by atoms with Crippen molar-refractivity contribution in [2.24, 2.45) is 0 Å². The quantitative estimate of drug-likeness (QED) is 0.844. The third-order valence-corrected chi connectivity index (χ3v) is 5.29. The van der Waals surface area contributed by atoms with Crippen LogP contribution in [0.15, 0.2) is 44.9 Å². The molecule has 4 nitrogen and oxygen atoms in total. The number of hydrogen-bond donors (Lipinski definition) is 2. The number of nitrogens with one attached hydrogen (secondary N) is 2. The minimum absolute atomic E-state index is 0.0360. The predicted molar refractivity (Wildman–Crippen MR) is 87.9 cm³/mol. The minimum atomic E-state index is -0.302. The van der Waals surface area contributed by atoms with Gasteiger partial charge in [-0.2, -0.15) is 0 Å². The Morgan fingerprint density at radius 1 is 1.43 bits per heavy atom. The fraction of sp³-hybridized carbons (Fsp3) is 0.143. The average Bonchev–Trinajstić information content (AvgIpc) is 2.76. The van der Waals surface area contributed by atoms with Gasteiger partial charge in [0.05, 0.1) is 5.02 Å². The molecule has 7 heteroatoms. The summed E-state index contributed by atoms with van der Waals surface area (Å²) >= 11 is 10.9. The molecule has 2 N–H and O–H groups in total. The van der Waals surface area contributed by atoms with Gasteiger partial charge >= 0.3 is 0 Å². The van der Waals surface area contributed by atoms with Gasteiger partial charge in [0.2, 0.25) is 5.91 Å². The number of carbonyl (C=O) groups is 1. The number of rotatable bonds is 3. The van der Waals surface area contributed by atoms with Crippen LogP contribution in [0.5, 0.6) is 0 Å². The molecule has 1 amide bonds. The zero-order valence-electron chi connectivity index (χ0n) is 11.0.